The lowest BCUT2D eigenvalue weighted by Crippen LogP contribution is -2.09. The van der Waals surface area contributed by atoms with Crippen LogP contribution in [0.2, 0.25) is 0 Å². The summed E-state index contributed by atoms with van der Waals surface area (Å²) in [6.07, 6.45) is 2.24. The molecule has 1 aliphatic carbocycles. The van der Waals surface area contributed by atoms with E-state index in [2.05, 4.69) is 6.07 Å². The van der Waals surface area contributed by atoms with Crippen LogP contribution in [0.3, 0.4) is 0 Å². The van der Waals surface area contributed by atoms with Gasteiger partial charge in [0, 0.05) is 17.5 Å². The molecule has 0 saturated heterocycles. The number of nitrogens with zero attached hydrogens (tertiary/aromatic N) is 1. The zero-order valence-electron chi connectivity index (χ0n) is 18.8. The van der Waals surface area contributed by atoms with Gasteiger partial charge in [0.15, 0.2) is 0 Å². The third kappa shape index (κ3) is 4.22. The molecule has 0 bridgehead atoms. The fraction of sp³-hybridized carbons (Fsp3) is 0.286. The van der Waals surface area contributed by atoms with Gasteiger partial charge in [0.25, 0.3) is 0 Å². The summed E-state index contributed by atoms with van der Waals surface area (Å²) < 4.78 is 30.6. The molecule has 5 rings (SSSR count). The number of methoxy groups -OCH3 is 1. The molecule has 5 nitrogen and oxygen atoms in total. The zero-order valence-corrected chi connectivity index (χ0v) is 18.8. The van der Waals surface area contributed by atoms with E-state index < -0.39 is 0 Å². The molecule has 3 aromatic carbocycles. The topological polar surface area (TPSA) is 68.6 Å². The molecule has 0 amide bonds. The number of hydrogen-bond donors (Lipinski definition) is 0. The number of carbonyl (C=O) groups excluding carboxylic acids is 1. The van der Waals surface area contributed by atoms with Gasteiger partial charge in [-0.15, -0.1) is 0 Å². The predicted octanol–water partition coefficient (Wildman–Crippen LogP) is 5.39. The van der Waals surface area contributed by atoms with Crippen molar-refractivity contribution in [2.24, 2.45) is 0 Å². The summed E-state index contributed by atoms with van der Waals surface area (Å²) in [6.45, 7) is 0.445. The van der Waals surface area contributed by atoms with Gasteiger partial charge in [-0.25, -0.2) is 4.39 Å². The number of benzene rings is 3. The number of hydrogen-bond acceptors (Lipinski definition) is 5. The molecule has 0 saturated carbocycles. The molecule has 2 atom stereocenters. The largest absolute Gasteiger partial charge is 0.492 e. The molecule has 0 aromatic heterocycles. The van der Waals surface area contributed by atoms with Crippen molar-refractivity contribution in [2.45, 2.75) is 37.7 Å². The summed E-state index contributed by atoms with van der Waals surface area (Å²) in [6, 6.07) is 18.3. The summed E-state index contributed by atoms with van der Waals surface area (Å²) in [5.74, 6) is 0.883. The minimum absolute atomic E-state index is 0.0153. The summed E-state index contributed by atoms with van der Waals surface area (Å²) in [5.41, 5.74) is 5.57. The van der Waals surface area contributed by atoms with E-state index in [0.717, 1.165) is 46.4 Å². The van der Waals surface area contributed by atoms with Crippen LogP contribution in [0.4, 0.5) is 4.39 Å². The number of rotatable bonds is 6. The SMILES string of the molecule is COC(=O)C[C@@H]1COc2cc(O[C@@H]3CCc4c3ccc(C#N)c4Cc3cccc(F)c3)ccc21. The Morgan fingerprint density at radius 1 is 1.18 bits per heavy atom. The first-order chi connectivity index (χ1) is 16.6. The fourth-order valence-corrected chi connectivity index (χ4v) is 4.97. The summed E-state index contributed by atoms with van der Waals surface area (Å²) >= 11 is 0. The quantitative estimate of drug-likeness (QED) is 0.464. The number of fused-ring (bicyclic) bond motifs is 2. The molecule has 0 N–H and O–H groups in total. The van der Waals surface area contributed by atoms with E-state index >= 15 is 0 Å². The highest BCUT2D eigenvalue weighted by molar-refractivity contribution is 5.71. The summed E-state index contributed by atoms with van der Waals surface area (Å²) in [7, 11) is 1.39. The maximum absolute atomic E-state index is 13.7. The van der Waals surface area contributed by atoms with Crippen LogP contribution in [-0.4, -0.2) is 19.7 Å². The van der Waals surface area contributed by atoms with E-state index in [-0.39, 0.29) is 30.2 Å². The number of ether oxygens (including phenoxy) is 3. The van der Waals surface area contributed by atoms with Crippen molar-refractivity contribution in [3.63, 3.8) is 0 Å². The van der Waals surface area contributed by atoms with Crippen LogP contribution in [-0.2, 0) is 22.4 Å². The molecule has 0 fully saturated rings. The highest BCUT2D eigenvalue weighted by atomic mass is 19.1. The van der Waals surface area contributed by atoms with E-state index in [0.29, 0.717) is 24.3 Å². The molecular formula is C28H24FNO4. The van der Waals surface area contributed by atoms with E-state index in [4.69, 9.17) is 14.2 Å². The first-order valence-electron chi connectivity index (χ1n) is 11.3. The minimum Gasteiger partial charge on any atom is -0.492 e. The van der Waals surface area contributed by atoms with E-state index in [1.165, 1.54) is 19.2 Å². The van der Waals surface area contributed by atoms with Crippen LogP contribution in [0.25, 0.3) is 0 Å². The molecule has 3 aromatic rings. The van der Waals surface area contributed by atoms with Gasteiger partial charge < -0.3 is 14.2 Å². The van der Waals surface area contributed by atoms with Gasteiger partial charge in [-0.2, -0.15) is 5.26 Å². The molecule has 0 radical (unpaired) electrons. The average Bonchev–Trinajstić information content (AvgIpc) is 3.43. The van der Waals surface area contributed by atoms with E-state index in [1.54, 1.807) is 6.07 Å². The Morgan fingerprint density at radius 3 is 2.82 bits per heavy atom. The Bertz CT molecular complexity index is 1300. The third-order valence-electron chi connectivity index (χ3n) is 6.65. The number of nitriles is 1. The lowest BCUT2D eigenvalue weighted by molar-refractivity contribution is -0.141. The standard InChI is InChI=1S/C28H24FNO4/c1-32-28(31)13-19-16-33-27-14-21(6-8-22(19)27)34-26-10-9-23-24(26)7-5-18(15-30)25(23)12-17-3-2-4-20(29)11-17/h2-8,11,14,19,26H,9-10,12-13,16H2,1H3/t19-,26-/m1/s1. The minimum atomic E-state index is -0.280. The van der Waals surface area contributed by atoms with Gasteiger partial charge in [0.1, 0.15) is 23.4 Å². The molecule has 1 heterocycles. The highest BCUT2D eigenvalue weighted by Gasteiger charge is 2.30. The first kappa shape index (κ1) is 22.0. The fourth-order valence-electron chi connectivity index (χ4n) is 4.97. The molecule has 1 aliphatic heterocycles. The Kier molecular flexibility index (Phi) is 5.93. The molecule has 172 valence electrons. The zero-order chi connectivity index (χ0) is 23.7. The molecule has 6 heteroatoms. The van der Waals surface area contributed by atoms with Crippen LogP contribution in [0.1, 0.15) is 58.2 Å². The van der Waals surface area contributed by atoms with Crippen molar-refractivity contribution < 1.29 is 23.4 Å². The molecular weight excluding hydrogens is 433 g/mol. The van der Waals surface area contributed by atoms with Gasteiger partial charge in [-0.3, -0.25) is 4.79 Å². The average molecular weight is 458 g/mol. The molecule has 2 aliphatic rings. The number of carbonyl (C=O) groups is 1. The van der Waals surface area contributed by atoms with Gasteiger partial charge >= 0.3 is 5.97 Å². The molecule has 34 heavy (non-hydrogen) atoms. The second-order valence-corrected chi connectivity index (χ2v) is 8.71. The van der Waals surface area contributed by atoms with Gasteiger partial charge in [0.2, 0.25) is 0 Å². The van der Waals surface area contributed by atoms with E-state index in [1.807, 2.05) is 36.4 Å². The maximum atomic E-state index is 13.7. The van der Waals surface area contributed by atoms with Crippen molar-refractivity contribution in [3.05, 3.63) is 93.8 Å². The van der Waals surface area contributed by atoms with Crippen LogP contribution < -0.4 is 9.47 Å². The highest BCUT2D eigenvalue weighted by Crippen LogP contribution is 2.42. The summed E-state index contributed by atoms with van der Waals surface area (Å²) in [4.78, 5) is 11.7. The van der Waals surface area contributed by atoms with Crippen molar-refractivity contribution >= 4 is 5.97 Å². The second-order valence-electron chi connectivity index (χ2n) is 8.71. The summed E-state index contributed by atoms with van der Waals surface area (Å²) in [5, 5.41) is 9.67. The molecule has 0 spiro atoms. The lowest BCUT2D eigenvalue weighted by Gasteiger charge is -2.17. The van der Waals surface area contributed by atoms with Crippen molar-refractivity contribution in [1.82, 2.24) is 0 Å². The maximum Gasteiger partial charge on any atom is 0.306 e. The monoisotopic (exact) mass is 457 g/mol. The van der Waals surface area contributed by atoms with Crippen LogP contribution in [0.15, 0.2) is 54.6 Å². The van der Waals surface area contributed by atoms with Gasteiger partial charge in [-0.1, -0.05) is 24.3 Å². The van der Waals surface area contributed by atoms with Crippen LogP contribution in [0.5, 0.6) is 11.5 Å². The Balaban J connectivity index is 1.38. The Hall–Kier alpha value is -3.85. The Labute approximate surface area is 197 Å². The first-order valence-corrected chi connectivity index (χ1v) is 11.3. The lowest BCUT2D eigenvalue weighted by atomic mass is 9.92. The third-order valence-corrected chi connectivity index (χ3v) is 6.65. The van der Waals surface area contributed by atoms with Crippen molar-refractivity contribution in [1.29, 1.82) is 5.26 Å². The van der Waals surface area contributed by atoms with Crippen molar-refractivity contribution in [3.8, 4) is 17.6 Å². The smallest absolute Gasteiger partial charge is 0.306 e. The van der Waals surface area contributed by atoms with Crippen LogP contribution >= 0.6 is 0 Å². The van der Waals surface area contributed by atoms with Gasteiger partial charge in [0.05, 0.1) is 31.8 Å². The second kappa shape index (κ2) is 9.18. The predicted molar refractivity (Wildman–Crippen MR) is 123 cm³/mol. The Morgan fingerprint density at radius 2 is 2.03 bits per heavy atom. The normalized spacial score (nSPS) is 17.9. The van der Waals surface area contributed by atoms with Gasteiger partial charge in [-0.05, 0) is 65.8 Å². The van der Waals surface area contributed by atoms with E-state index in [9.17, 15) is 14.4 Å². The number of esters is 1. The number of halogens is 1. The molecule has 0 unspecified atom stereocenters. The van der Waals surface area contributed by atoms with Crippen LogP contribution in [0, 0.1) is 17.1 Å². The van der Waals surface area contributed by atoms with Crippen molar-refractivity contribution in [2.75, 3.05) is 13.7 Å².